The molecule has 3 heterocycles. The maximum Gasteiger partial charge on any atom is 0.418 e. The van der Waals surface area contributed by atoms with Crippen LogP contribution in [-0.2, 0) is 18.5 Å². The molecule has 19 heteroatoms. The maximum absolute atomic E-state index is 13.6. The van der Waals surface area contributed by atoms with Crippen molar-refractivity contribution in [3.8, 4) is 0 Å². The Morgan fingerprint density at radius 2 is 0.931 bits per heavy atom. The Hall–Kier alpha value is -4.61. The fourth-order valence-electron chi connectivity index (χ4n) is 5.54. The van der Waals surface area contributed by atoms with Gasteiger partial charge in [0.2, 0.25) is 0 Å². The highest BCUT2D eigenvalue weighted by atomic mass is 35.5. The van der Waals surface area contributed by atoms with Crippen LogP contribution in [0.1, 0.15) is 135 Å². The third-order valence-corrected chi connectivity index (χ3v) is 8.66. The predicted molar refractivity (Wildman–Crippen MR) is 207 cm³/mol. The summed E-state index contributed by atoms with van der Waals surface area (Å²) < 4.78 is 141. The number of anilines is 4. The van der Waals surface area contributed by atoms with Gasteiger partial charge in [-0.05, 0) is 85.4 Å². The quantitative estimate of drug-likeness (QED) is 0.118. The van der Waals surface area contributed by atoms with E-state index in [9.17, 15) is 48.3 Å². The molecule has 0 aliphatic carbocycles. The van der Waals surface area contributed by atoms with E-state index in [-0.39, 0.29) is 40.4 Å². The first-order valence-corrected chi connectivity index (χ1v) is 18.0. The van der Waals surface area contributed by atoms with Crippen LogP contribution >= 0.6 is 11.6 Å². The summed E-state index contributed by atoms with van der Waals surface area (Å²) in [6.45, 7) is 17.8. The lowest BCUT2D eigenvalue weighted by Crippen LogP contribution is -2.17. The molecule has 0 saturated carbocycles. The van der Waals surface area contributed by atoms with Crippen LogP contribution in [0.15, 0.2) is 24.3 Å². The van der Waals surface area contributed by atoms with Gasteiger partial charge in [0.05, 0.1) is 38.8 Å². The molecule has 4 rings (SSSR count). The Labute approximate surface area is 335 Å². The summed E-state index contributed by atoms with van der Waals surface area (Å²) >= 11 is 6.04. The molecule has 0 unspecified atom stereocenters. The van der Waals surface area contributed by atoms with Crippen LogP contribution in [0.25, 0.3) is 0 Å². The molecule has 0 atom stereocenters. The number of nitrogens with two attached hydrogens (primary N) is 4. The minimum atomic E-state index is -4.81. The van der Waals surface area contributed by atoms with E-state index in [1.807, 2.05) is 20.8 Å². The molecular weight excluding hydrogens is 811 g/mol. The van der Waals surface area contributed by atoms with Crippen LogP contribution in [0.5, 0.6) is 0 Å². The number of aromatic nitrogens is 3. The van der Waals surface area contributed by atoms with Crippen LogP contribution in [0.2, 0.25) is 5.02 Å². The van der Waals surface area contributed by atoms with E-state index in [1.165, 1.54) is 26.8 Å². The monoisotopic (exact) mass is 859 g/mol. The van der Waals surface area contributed by atoms with Crippen molar-refractivity contribution in [2.75, 3.05) is 22.9 Å². The second-order valence-electron chi connectivity index (χ2n) is 14.4. The van der Waals surface area contributed by atoms with Crippen molar-refractivity contribution in [3.63, 3.8) is 0 Å². The minimum absolute atomic E-state index is 0.00231. The van der Waals surface area contributed by atoms with Crippen molar-refractivity contribution in [2.24, 2.45) is 0 Å². The molecule has 324 valence electrons. The first kappa shape index (κ1) is 51.4. The number of alkyl halides is 9. The van der Waals surface area contributed by atoms with E-state index in [0.29, 0.717) is 11.7 Å². The van der Waals surface area contributed by atoms with Gasteiger partial charge in [-0.2, -0.15) is 39.5 Å². The molecule has 8 N–H and O–H groups in total. The lowest BCUT2D eigenvalue weighted by molar-refractivity contribution is -0.140. The van der Waals surface area contributed by atoms with Crippen LogP contribution in [-0.4, -0.2) is 15.0 Å². The van der Waals surface area contributed by atoms with Gasteiger partial charge in [0, 0.05) is 5.56 Å². The van der Waals surface area contributed by atoms with Gasteiger partial charge in [-0.25, -0.2) is 23.7 Å². The number of nitrogen functional groups attached to an aromatic ring is 4. The lowest BCUT2D eigenvalue weighted by Gasteiger charge is -2.20. The average molecular weight is 860 g/mol. The number of benzene rings is 1. The van der Waals surface area contributed by atoms with Crippen molar-refractivity contribution in [1.82, 2.24) is 15.0 Å². The Kier molecular flexibility index (Phi) is 17.6. The van der Waals surface area contributed by atoms with E-state index in [4.69, 9.17) is 34.5 Å². The SMILES string of the molecule is CC(C)c1nc(N)ccc1C(F)(F)F.Cc1c(F)c(N)c(F)c(C(C)C)c1C(F)(F)F.Cc1cc(N)nc(C(C)C)c1C(F)(F)F.Cc1cc(N)nc(C(C)C)c1Cl. The number of hydrogen-bond acceptors (Lipinski definition) is 7. The smallest absolute Gasteiger partial charge is 0.394 e. The third-order valence-electron chi connectivity index (χ3n) is 8.17. The zero-order chi connectivity index (χ0) is 45.6. The number of hydrogen-bond donors (Lipinski definition) is 4. The van der Waals surface area contributed by atoms with Gasteiger partial charge >= 0.3 is 18.5 Å². The fourth-order valence-corrected chi connectivity index (χ4v) is 5.86. The highest BCUT2D eigenvalue weighted by Gasteiger charge is 2.40. The molecule has 0 radical (unpaired) electrons. The van der Waals surface area contributed by atoms with Crippen LogP contribution < -0.4 is 22.9 Å². The predicted octanol–water partition coefficient (Wildman–Crippen LogP) is 12.7. The number of pyridine rings is 3. The van der Waals surface area contributed by atoms with Gasteiger partial charge in [-0.15, -0.1) is 0 Å². The lowest BCUT2D eigenvalue weighted by atomic mass is 9.91. The Morgan fingerprint density at radius 1 is 0.517 bits per heavy atom. The summed E-state index contributed by atoms with van der Waals surface area (Å²) in [5, 5.41) is 0.735. The molecule has 7 nitrogen and oxygen atoms in total. The molecule has 3 aromatic heterocycles. The number of nitrogens with zero attached hydrogens (tertiary/aromatic N) is 3. The largest absolute Gasteiger partial charge is 0.418 e. The zero-order valence-electron chi connectivity index (χ0n) is 33.8. The first-order chi connectivity index (χ1) is 26.2. The Bertz CT molecular complexity index is 2020. The van der Waals surface area contributed by atoms with Gasteiger partial charge in [0.25, 0.3) is 0 Å². The molecule has 0 saturated heterocycles. The van der Waals surface area contributed by atoms with Gasteiger partial charge in [0.1, 0.15) is 23.1 Å². The van der Waals surface area contributed by atoms with Crippen LogP contribution in [0.3, 0.4) is 0 Å². The normalized spacial score (nSPS) is 11.9. The summed E-state index contributed by atoms with van der Waals surface area (Å²) in [6, 6.07) is 5.16. The summed E-state index contributed by atoms with van der Waals surface area (Å²) in [5.74, 6) is -2.91. The second-order valence-corrected chi connectivity index (χ2v) is 14.8. The highest BCUT2D eigenvalue weighted by Crippen LogP contribution is 2.42. The number of rotatable bonds is 4. The Morgan fingerprint density at radius 3 is 1.33 bits per heavy atom. The molecule has 0 amide bonds. The Balaban J connectivity index is 0.000000389. The molecular formula is C39H49ClF11N7. The van der Waals surface area contributed by atoms with Gasteiger partial charge in [-0.1, -0.05) is 67.0 Å². The molecule has 58 heavy (non-hydrogen) atoms. The van der Waals surface area contributed by atoms with Crippen molar-refractivity contribution in [1.29, 1.82) is 0 Å². The zero-order valence-corrected chi connectivity index (χ0v) is 34.6. The summed E-state index contributed by atoms with van der Waals surface area (Å²) in [5.41, 5.74) is 18.7. The van der Waals surface area contributed by atoms with E-state index < -0.39 is 69.6 Å². The van der Waals surface area contributed by atoms with Gasteiger partial charge in [-0.3, -0.25) is 0 Å². The summed E-state index contributed by atoms with van der Waals surface area (Å²) in [4.78, 5) is 11.6. The molecule has 0 aliphatic rings. The standard InChI is InChI=1S/C11H12F5N.C10H13F3N2.C9H13ClN2.C9H11F3N2/c1-4(2)6-7(11(14,15)16)5(3)8(12)10(17)9(6)13;1-5(2)9-8(10(11,12)13)6(3)4-7(14)15-9;1-5(2)9-8(10)6(3)4-7(11)12-9;1-5(2)8-6(9(10,11)12)3-4-7(13)14-8/h4H,17H2,1-3H3;4-5H,1-3H3,(H2,14,15);4-5H,1-3H3,(H2,11,12);3-5H,1-2H3,(H2,13,14). The molecule has 0 aliphatic heterocycles. The van der Waals surface area contributed by atoms with Gasteiger partial charge in [0.15, 0.2) is 11.6 Å². The van der Waals surface area contributed by atoms with E-state index in [0.717, 1.165) is 35.3 Å². The molecule has 0 bridgehead atoms. The highest BCUT2D eigenvalue weighted by molar-refractivity contribution is 6.32. The van der Waals surface area contributed by atoms with Crippen LogP contribution in [0.4, 0.5) is 71.4 Å². The van der Waals surface area contributed by atoms with Crippen molar-refractivity contribution < 1.29 is 48.3 Å². The van der Waals surface area contributed by atoms with Gasteiger partial charge < -0.3 is 22.9 Å². The number of halogens is 12. The van der Waals surface area contributed by atoms with Crippen molar-refractivity contribution in [3.05, 3.63) is 96.9 Å². The van der Waals surface area contributed by atoms with E-state index in [1.54, 1.807) is 33.8 Å². The second kappa shape index (κ2) is 19.9. The van der Waals surface area contributed by atoms with E-state index in [2.05, 4.69) is 15.0 Å². The average Bonchev–Trinajstić information content (AvgIpc) is 3.05. The maximum atomic E-state index is 13.6. The van der Waals surface area contributed by atoms with Crippen molar-refractivity contribution in [2.45, 2.75) is 118 Å². The summed E-state index contributed by atoms with van der Waals surface area (Å²) in [6.07, 6.45) is -13.5. The van der Waals surface area contributed by atoms with Crippen LogP contribution in [0, 0.1) is 32.4 Å². The minimum Gasteiger partial charge on any atom is -0.394 e. The number of aryl methyl sites for hydroxylation is 2. The third kappa shape index (κ3) is 13.5. The molecule has 0 spiro atoms. The van der Waals surface area contributed by atoms with Crippen molar-refractivity contribution >= 4 is 34.7 Å². The van der Waals surface area contributed by atoms with E-state index >= 15 is 0 Å². The summed E-state index contributed by atoms with van der Waals surface area (Å²) in [7, 11) is 0. The first-order valence-electron chi connectivity index (χ1n) is 17.6. The topological polar surface area (TPSA) is 143 Å². The molecule has 1 aromatic carbocycles. The fraction of sp³-hybridized carbons (Fsp3) is 0.462. The molecule has 4 aromatic rings. The molecule has 0 fully saturated rings.